The highest BCUT2D eigenvalue weighted by molar-refractivity contribution is 5.56. The zero-order chi connectivity index (χ0) is 13.7. The lowest BCUT2D eigenvalue weighted by molar-refractivity contribution is 0.375. The Bertz CT molecular complexity index is 531. The Morgan fingerprint density at radius 3 is 2.84 bits per heavy atom. The molecular formula is C16H21N2O. The van der Waals surface area contributed by atoms with Gasteiger partial charge in [-0.2, -0.15) is 4.98 Å². The summed E-state index contributed by atoms with van der Waals surface area (Å²) < 4.78 is 5.29. The van der Waals surface area contributed by atoms with Crippen LogP contribution in [-0.4, -0.2) is 10.1 Å². The van der Waals surface area contributed by atoms with E-state index in [2.05, 4.69) is 49.1 Å². The Hall–Kier alpha value is -1.64. The standard InChI is InChI=1S/C16H21N2O/c1-4-6-7-8-15-17-16(18-19-15)14-10-9-12(3)13(5-2)11-14/h9-11H,1,4-8H2,2-3H3. The highest BCUT2D eigenvalue weighted by Crippen LogP contribution is 2.20. The molecule has 1 aromatic heterocycles. The summed E-state index contributed by atoms with van der Waals surface area (Å²) in [7, 11) is 0. The third kappa shape index (κ3) is 3.43. The minimum atomic E-state index is 0.694. The Kier molecular flexibility index (Phi) is 4.72. The fourth-order valence-electron chi connectivity index (χ4n) is 2.12. The van der Waals surface area contributed by atoms with Crippen molar-refractivity contribution in [2.75, 3.05) is 0 Å². The first kappa shape index (κ1) is 13.8. The van der Waals surface area contributed by atoms with Crippen molar-refractivity contribution in [3.63, 3.8) is 0 Å². The molecule has 0 unspecified atom stereocenters. The van der Waals surface area contributed by atoms with Crippen LogP contribution in [0.3, 0.4) is 0 Å². The van der Waals surface area contributed by atoms with Crippen molar-refractivity contribution in [1.82, 2.24) is 10.1 Å². The average molecular weight is 257 g/mol. The summed E-state index contributed by atoms with van der Waals surface area (Å²) in [6.45, 7) is 8.12. The molecule has 0 amide bonds. The summed E-state index contributed by atoms with van der Waals surface area (Å²) in [4.78, 5) is 4.46. The number of rotatable bonds is 6. The number of aryl methyl sites for hydroxylation is 3. The largest absolute Gasteiger partial charge is 0.339 e. The molecule has 0 aliphatic carbocycles. The molecule has 0 fully saturated rings. The minimum Gasteiger partial charge on any atom is -0.339 e. The van der Waals surface area contributed by atoms with Gasteiger partial charge in [-0.1, -0.05) is 44.0 Å². The minimum absolute atomic E-state index is 0.694. The zero-order valence-corrected chi connectivity index (χ0v) is 11.8. The van der Waals surface area contributed by atoms with Crippen molar-refractivity contribution >= 4 is 0 Å². The first-order valence-corrected chi connectivity index (χ1v) is 6.96. The topological polar surface area (TPSA) is 38.9 Å². The lowest BCUT2D eigenvalue weighted by Gasteiger charge is -2.03. The first-order chi connectivity index (χ1) is 9.24. The molecule has 3 heteroatoms. The van der Waals surface area contributed by atoms with Gasteiger partial charge < -0.3 is 4.52 Å². The Morgan fingerprint density at radius 2 is 2.11 bits per heavy atom. The summed E-state index contributed by atoms with van der Waals surface area (Å²) in [5.74, 6) is 1.42. The SMILES string of the molecule is [CH2]CCCCc1nc(-c2ccc(C)c(CC)c2)no1. The van der Waals surface area contributed by atoms with Crippen LogP contribution >= 0.6 is 0 Å². The summed E-state index contributed by atoms with van der Waals surface area (Å²) in [6, 6.07) is 6.33. The van der Waals surface area contributed by atoms with E-state index in [9.17, 15) is 0 Å². The molecule has 1 radical (unpaired) electrons. The summed E-state index contributed by atoms with van der Waals surface area (Å²) >= 11 is 0. The Labute approximate surface area is 115 Å². The number of hydrogen-bond acceptors (Lipinski definition) is 3. The van der Waals surface area contributed by atoms with Gasteiger partial charge in [0.05, 0.1) is 0 Å². The second-order valence-corrected chi connectivity index (χ2v) is 4.82. The number of nitrogens with zero attached hydrogens (tertiary/aromatic N) is 2. The quantitative estimate of drug-likeness (QED) is 0.729. The third-order valence-electron chi connectivity index (χ3n) is 3.35. The molecule has 1 aromatic carbocycles. The van der Waals surface area contributed by atoms with Gasteiger partial charge in [0, 0.05) is 12.0 Å². The lowest BCUT2D eigenvalue weighted by Crippen LogP contribution is -1.90. The van der Waals surface area contributed by atoms with Crippen molar-refractivity contribution in [3.05, 3.63) is 42.1 Å². The number of unbranched alkanes of at least 4 members (excludes halogenated alkanes) is 2. The molecule has 0 saturated carbocycles. The predicted octanol–water partition coefficient (Wildman–Crippen LogP) is 4.15. The summed E-state index contributed by atoms with van der Waals surface area (Å²) in [5.41, 5.74) is 3.68. The van der Waals surface area contributed by atoms with E-state index in [1.54, 1.807) is 0 Å². The molecule has 101 valence electrons. The van der Waals surface area contributed by atoms with Gasteiger partial charge in [0.2, 0.25) is 11.7 Å². The van der Waals surface area contributed by atoms with E-state index in [1.165, 1.54) is 11.1 Å². The van der Waals surface area contributed by atoms with Crippen molar-refractivity contribution in [2.45, 2.75) is 46.0 Å². The fraction of sp³-hybridized carbons (Fsp3) is 0.438. The third-order valence-corrected chi connectivity index (χ3v) is 3.35. The van der Waals surface area contributed by atoms with E-state index in [1.807, 2.05) is 0 Å². The smallest absolute Gasteiger partial charge is 0.226 e. The van der Waals surface area contributed by atoms with Crippen LogP contribution in [0.5, 0.6) is 0 Å². The molecule has 0 aliphatic rings. The van der Waals surface area contributed by atoms with Gasteiger partial charge in [-0.3, -0.25) is 0 Å². The number of hydrogen-bond donors (Lipinski definition) is 0. The van der Waals surface area contributed by atoms with Gasteiger partial charge in [0.1, 0.15) is 0 Å². The molecule has 2 rings (SSSR count). The molecule has 0 saturated heterocycles. The van der Waals surface area contributed by atoms with Crippen LogP contribution in [0.4, 0.5) is 0 Å². The molecule has 0 spiro atoms. The molecular weight excluding hydrogens is 236 g/mol. The van der Waals surface area contributed by atoms with Crippen molar-refractivity contribution in [3.8, 4) is 11.4 Å². The Balaban J connectivity index is 2.13. The van der Waals surface area contributed by atoms with Gasteiger partial charge in [-0.25, -0.2) is 0 Å². The maximum Gasteiger partial charge on any atom is 0.226 e. The van der Waals surface area contributed by atoms with E-state index in [0.717, 1.165) is 43.6 Å². The van der Waals surface area contributed by atoms with E-state index in [0.29, 0.717) is 5.82 Å². The second kappa shape index (κ2) is 6.50. The van der Waals surface area contributed by atoms with Gasteiger partial charge in [-0.05, 0) is 37.0 Å². The van der Waals surface area contributed by atoms with Crippen LogP contribution in [-0.2, 0) is 12.8 Å². The molecule has 2 aromatic rings. The molecule has 0 atom stereocenters. The molecule has 0 bridgehead atoms. The van der Waals surface area contributed by atoms with E-state index < -0.39 is 0 Å². The number of aromatic nitrogens is 2. The Morgan fingerprint density at radius 1 is 1.26 bits per heavy atom. The lowest BCUT2D eigenvalue weighted by atomic mass is 10.0. The van der Waals surface area contributed by atoms with Gasteiger partial charge >= 0.3 is 0 Å². The maximum absolute atomic E-state index is 5.29. The summed E-state index contributed by atoms with van der Waals surface area (Å²) in [5, 5.41) is 4.07. The fourth-order valence-corrected chi connectivity index (χ4v) is 2.12. The average Bonchev–Trinajstić information content (AvgIpc) is 2.88. The highest BCUT2D eigenvalue weighted by atomic mass is 16.5. The van der Waals surface area contributed by atoms with Gasteiger partial charge in [-0.15, -0.1) is 0 Å². The molecule has 1 heterocycles. The van der Waals surface area contributed by atoms with E-state index in [-0.39, 0.29) is 0 Å². The van der Waals surface area contributed by atoms with Crippen LogP contribution < -0.4 is 0 Å². The second-order valence-electron chi connectivity index (χ2n) is 4.82. The highest BCUT2D eigenvalue weighted by Gasteiger charge is 2.09. The van der Waals surface area contributed by atoms with Crippen LogP contribution in [0.2, 0.25) is 0 Å². The first-order valence-electron chi connectivity index (χ1n) is 6.96. The van der Waals surface area contributed by atoms with Crippen molar-refractivity contribution < 1.29 is 4.52 Å². The van der Waals surface area contributed by atoms with E-state index >= 15 is 0 Å². The number of benzene rings is 1. The normalized spacial score (nSPS) is 10.9. The maximum atomic E-state index is 5.29. The summed E-state index contributed by atoms with van der Waals surface area (Å²) in [6.07, 6.45) is 4.98. The van der Waals surface area contributed by atoms with E-state index in [4.69, 9.17) is 4.52 Å². The predicted molar refractivity (Wildman–Crippen MR) is 76.8 cm³/mol. The molecule has 0 N–H and O–H groups in total. The van der Waals surface area contributed by atoms with Crippen molar-refractivity contribution in [2.24, 2.45) is 0 Å². The van der Waals surface area contributed by atoms with Crippen LogP contribution in [0.25, 0.3) is 11.4 Å². The van der Waals surface area contributed by atoms with Gasteiger partial charge in [0.15, 0.2) is 0 Å². The zero-order valence-electron chi connectivity index (χ0n) is 11.8. The van der Waals surface area contributed by atoms with Crippen LogP contribution in [0.15, 0.2) is 22.7 Å². The molecule has 19 heavy (non-hydrogen) atoms. The molecule has 3 nitrogen and oxygen atoms in total. The van der Waals surface area contributed by atoms with Crippen molar-refractivity contribution in [1.29, 1.82) is 0 Å². The molecule has 0 aliphatic heterocycles. The van der Waals surface area contributed by atoms with Gasteiger partial charge in [0.25, 0.3) is 0 Å². The monoisotopic (exact) mass is 257 g/mol. The van der Waals surface area contributed by atoms with Crippen LogP contribution in [0.1, 0.15) is 43.2 Å². The van der Waals surface area contributed by atoms with Crippen LogP contribution in [0, 0.1) is 13.8 Å².